The fraction of sp³-hybridized carbons (Fsp3) is 0.500. The lowest BCUT2D eigenvalue weighted by molar-refractivity contribution is -0.142. The zero-order valence-corrected chi connectivity index (χ0v) is 9.47. The van der Waals surface area contributed by atoms with E-state index in [1.165, 1.54) is 24.0 Å². The molecule has 0 spiro atoms. The fourth-order valence-corrected chi connectivity index (χ4v) is 1.45. The van der Waals surface area contributed by atoms with Crippen LogP contribution in [0.3, 0.4) is 0 Å². The summed E-state index contributed by atoms with van der Waals surface area (Å²) in [7, 11) is 1.50. The van der Waals surface area contributed by atoms with Crippen LogP contribution in [-0.4, -0.2) is 33.8 Å². The van der Waals surface area contributed by atoms with Crippen LogP contribution in [0.5, 0.6) is 0 Å². The summed E-state index contributed by atoms with van der Waals surface area (Å²) in [5, 5.41) is 15.4. The van der Waals surface area contributed by atoms with Gasteiger partial charge >= 0.3 is 5.97 Å². The van der Waals surface area contributed by atoms with Gasteiger partial charge in [-0.05, 0) is 12.0 Å². The Kier molecular flexibility index (Phi) is 3.65. The smallest absolute Gasteiger partial charge is 0.328 e. The van der Waals surface area contributed by atoms with Crippen LogP contribution in [0.1, 0.15) is 30.4 Å². The van der Waals surface area contributed by atoms with Crippen molar-refractivity contribution >= 4 is 11.9 Å². The molecule has 1 rings (SSSR count). The van der Waals surface area contributed by atoms with E-state index in [0.717, 1.165) is 0 Å². The number of nitrogens with zero attached hydrogens (tertiary/aromatic N) is 2. The lowest BCUT2D eigenvalue weighted by Gasteiger charge is -2.16. The van der Waals surface area contributed by atoms with Gasteiger partial charge in [-0.15, -0.1) is 0 Å². The van der Waals surface area contributed by atoms with Gasteiger partial charge in [0.2, 0.25) is 0 Å². The molecule has 2 N–H and O–H groups in total. The third-order valence-electron chi connectivity index (χ3n) is 2.24. The van der Waals surface area contributed by atoms with E-state index >= 15 is 0 Å². The molecule has 0 aliphatic carbocycles. The summed E-state index contributed by atoms with van der Waals surface area (Å²) >= 11 is 0. The van der Waals surface area contributed by atoms with E-state index in [2.05, 4.69) is 10.4 Å². The highest BCUT2D eigenvalue weighted by Crippen LogP contribution is 2.17. The molecule has 0 radical (unpaired) electrons. The molecule has 88 valence electrons. The standard InChI is InChI=1S/C10H15N3O3/c1-6(2)8(10(15)16)13-5-4-7(12-13)9(14)11-3/h4-6,8H,1-3H3,(H,11,14)(H,15,16). The molecule has 0 saturated heterocycles. The average molecular weight is 225 g/mol. The highest BCUT2D eigenvalue weighted by Gasteiger charge is 2.24. The molecule has 0 fully saturated rings. The summed E-state index contributed by atoms with van der Waals surface area (Å²) in [5.74, 6) is -1.39. The molecule has 1 unspecified atom stereocenters. The van der Waals surface area contributed by atoms with Gasteiger partial charge in [0.15, 0.2) is 6.04 Å². The van der Waals surface area contributed by atoms with Gasteiger partial charge in [-0.3, -0.25) is 9.48 Å². The van der Waals surface area contributed by atoms with Crippen molar-refractivity contribution in [1.29, 1.82) is 0 Å². The predicted molar refractivity (Wildman–Crippen MR) is 57.1 cm³/mol. The normalized spacial score (nSPS) is 12.5. The number of carbonyl (C=O) groups excluding carboxylic acids is 1. The molecule has 1 atom stereocenters. The molecular weight excluding hydrogens is 210 g/mol. The first-order valence-electron chi connectivity index (χ1n) is 4.97. The summed E-state index contributed by atoms with van der Waals surface area (Å²) in [6.45, 7) is 3.58. The largest absolute Gasteiger partial charge is 0.480 e. The predicted octanol–water partition coefficient (Wildman–Crippen LogP) is 0.524. The van der Waals surface area contributed by atoms with E-state index < -0.39 is 12.0 Å². The van der Waals surface area contributed by atoms with E-state index in [1.807, 2.05) is 0 Å². The quantitative estimate of drug-likeness (QED) is 0.782. The molecule has 6 heteroatoms. The van der Waals surface area contributed by atoms with Crippen LogP contribution in [0.15, 0.2) is 12.3 Å². The minimum atomic E-state index is -0.957. The summed E-state index contributed by atoms with van der Waals surface area (Å²) in [4.78, 5) is 22.3. The number of carboxylic acids is 1. The molecule has 0 saturated carbocycles. The molecule has 16 heavy (non-hydrogen) atoms. The fourth-order valence-electron chi connectivity index (χ4n) is 1.45. The van der Waals surface area contributed by atoms with Crippen LogP contribution in [0.4, 0.5) is 0 Å². The van der Waals surface area contributed by atoms with Crippen molar-refractivity contribution in [3.63, 3.8) is 0 Å². The summed E-state index contributed by atoms with van der Waals surface area (Å²) in [6.07, 6.45) is 1.50. The van der Waals surface area contributed by atoms with Crippen LogP contribution in [0.25, 0.3) is 0 Å². The second-order valence-corrected chi connectivity index (χ2v) is 3.79. The monoisotopic (exact) mass is 225 g/mol. The lowest BCUT2D eigenvalue weighted by Crippen LogP contribution is -2.25. The first-order chi connectivity index (χ1) is 7.47. The van der Waals surface area contributed by atoms with Crippen molar-refractivity contribution in [1.82, 2.24) is 15.1 Å². The first-order valence-corrected chi connectivity index (χ1v) is 4.97. The second kappa shape index (κ2) is 4.78. The molecule has 0 aliphatic rings. The number of carbonyl (C=O) groups is 2. The minimum Gasteiger partial charge on any atom is -0.480 e. The molecule has 6 nitrogen and oxygen atoms in total. The number of hydrogen-bond acceptors (Lipinski definition) is 3. The van der Waals surface area contributed by atoms with Crippen molar-refractivity contribution in [2.24, 2.45) is 5.92 Å². The summed E-state index contributed by atoms with van der Waals surface area (Å²) < 4.78 is 1.30. The Hall–Kier alpha value is -1.85. The molecule has 1 aromatic heterocycles. The van der Waals surface area contributed by atoms with Crippen LogP contribution in [0.2, 0.25) is 0 Å². The topological polar surface area (TPSA) is 84.2 Å². The number of amides is 1. The minimum absolute atomic E-state index is 0.102. The number of carboxylic acid groups (broad SMARTS) is 1. The number of aromatic nitrogens is 2. The molecule has 1 heterocycles. The zero-order valence-electron chi connectivity index (χ0n) is 9.47. The first kappa shape index (κ1) is 12.2. The number of aliphatic carboxylic acids is 1. The van der Waals surface area contributed by atoms with Crippen molar-refractivity contribution < 1.29 is 14.7 Å². The van der Waals surface area contributed by atoms with E-state index in [0.29, 0.717) is 0 Å². The Morgan fingerprint density at radius 1 is 1.50 bits per heavy atom. The van der Waals surface area contributed by atoms with Gasteiger partial charge in [0.05, 0.1) is 0 Å². The molecule has 0 aliphatic heterocycles. The van der Waals surface area contributed by atoms with Crippen LogP contribution >= 0.6 is 0 Å². The maximum Gasteiger partial charge on any atom is 0.328 e. The molecule has 0 aromatic carbocycles. The SMILES string of the molecule is CNC(=O)c1ccn(C(C(=O)O)C(C)C)n1. The number of nitrogens with one attached hydrogen (secondary N) is 1. The Balaban J connectivity index is 2.99. The van der Waals surface area contributed by atoms with E-state index in [9.17, 15) is 9.59 Å². The Morgan fingerprint density at radius 3 is 2.56 bits per heavy atom. The average Bonchev–Trinajstić information content (AvgIpc) is 2.64. The van der Waals surface area contributed by atoms with Crippen molar-refractivity contribution in [2.75, 3.05) is 7.05 Å². The van der Waals surface area contributed by atoms with Crippen LogP contribution < -0.4 is 5.32 Å². The van der Waals surface area contributed by atoms with E-state index in [1.54, 1.807) is 13.8 Å². The maximum atomic E-state index is 11.3. The second-order valence-electron chi connectivity index (χ2n) is 3.79. The van der Waals surface area contributed by atoms with Gasteiger partial charge < -0.3 is 10.4 Å². The maximum absolute atomic E-state index is 11.3. The summed E-state index contributed by atoms with van der Waals surface area (Å²) in [6, 6.07) is 0.746. The van der Waals surface area contributed by atoms with Gasteiger partial charge in [0.1, 0.15) is 5.69 Å². The third kappa shape index (κ3) is 2.39. The molecule has 1 aromatic rings. The van der Waals surface area contributed by atoms with E-state index in [4.69, 9.17) is 5.11 Å². The number of rotatable bonds is 4. The van der Waals surface area contributed by atoms with Crippen LogP contribution in [0, 0.1) is 5.92 Å². The van der Waals surface area contributed by atoms with Crippen LogP contribution in [-0.2, 0) is 4.79 Å². The Bertz CT molecular complexity index is 398. The lowest BCUT2D eigenvalue weighted by atomic mass is 10.1. The van der Waals surface area contributed by atoms with Gasteiger partial charge in [-0.1, -0.05) is 13.8 Å². The Labute approximate surface area is 93.3 Å². The van der Waals surface area contributed by atoms with Gasteiger partial charge in [0, 0.05) is 13.2 Å². The highest BCUT2D eigenvalue weighted by atomic mass is 16.4. The third-order valence-corrected chi connectivity index (χ3v) is 2.24. The molecule has 1 amide bonds. The van der Waals surface area contributed by atoms with Gasteiger partial charge in [-0.2, -0.15) is 5.10 Å². The van der Waals surface area contributed by atoms with Gasteiger partial charge in [0.25, 0.3) is 5.91 Å². The summed E-state index contributed by atoms with van der Waals surface area (Å²) in [5.41, 5.74) is 0.217. The highest BCUT2D eigenvalue weighted by molar-refractivity contribution is 5.91. The van der Waals surface area contributed by atoms with Crippen molar-refractivity contribution in [3.05, 3.63) is 18.0 Å². The number of hydrogen-bond donors (Lipinski definition) is 2. The van der Waals surface area contributed by atoms with Crippen molar-refractivity contribution in [3.8, 4) is 0 Å². The van der Waals surface area contributed by atoms with Crippen molar-refractivity contribution in [2.45, 2.75) is 19.9 Å². The van der Waals surface area contributed by atoms with E-state index in [-0.39, 0.29) is 17.5 Å². The molecule has 0 bridgehead atoms. The zero-order chi connectivity index (χ0) is 12.3. The Morgan fingerprint density at radius 2 is 2.12 bits per heavy atom. The van der Waals surface area contributed by atoms with Gasteiger partial charge in [-0.25, -0.2) is 4.79 Å². The molecular formula is C10H15N3O3.